The van der Waals surface area contributed by atoms with E-state index in [0.29, 0.717) is 0 Å². The molecule has 0 radical (unpaired) electrons. The van der Waals surface area contributed by atoms with Crippen LogP contribution in [0.2, 0.25) is 0 Å². The molecule has 2 unspecified atom stereocenters. The molecule has 0 aromatic heterocycles. The molecule has 1 N–H and O–H groups in total. The molecule has 2 rings (SSSR count). The summed E-state index contributed by atoms with van der Waals surface area (Å²) < 4.78 is 0. The predicted octanol–water partition coefficient (Wildman–Crippen LogP) is 3.40. The van der Waals surface area contributed by atoms with E-state index in [4.69, 9.17) is 5.11 Å². The first-order valence-corrected chi connectivity index (χ1v) is 5.64. The molecule has 2 aliphatic carbocycles. The third-order valence-electron chi connectivity index (χ3n) is 3.22. The Hall–Kier alpha value is -1.05. The lowest BCUT2D eigenvalue weighted by Gasteiger charge is -2.09. The van der Waals surface area contributed by atoms with Crippen LogP contribution in [-0.2, 0) is 4.79 Å². The highest BCUT2D eigenvalue weighted by Crippen LogP contribution is 2.44. The van der Waals surface area contributed by atoms with Crippen LogP contribution in [-0.4, -0.2) is 11.1 Å². The summed E-state index contributed by atoms with van der Waals surface area (Å²) in [6.07, 6.45) is 8.29. The Labute approximate surface area is 91.7 Å². The van der Waals surface area contributed by atoms with Crippen molar-refractivity contribution in [1.82, 2.24) is 0 Å². The average Bonchev–Trinajstić information content (AvgIpc) is 2.79. The predicted molar refractivity (Wildman–Crippen MR) is 61.7 cm³/mol. The first kappa shape index (κ1) is 12.0. The van der Waals surface area contributed by atoms with Gasteiger partial charge in [0.2, 0.25) is 0 Å². The fraction of sp³-hybridized carbons (Fsp3) is 0.615. The van der Waals surface area contributed by atoms with E-state index < -0.39 is 5.97 Å². The van der Waals surface area contributed by atoms with Crippen LogP contribution < -0.4 is 0 Å². The minimum absolute atomic E-state index is 0.176. The summed E-state index contributed by atoms with van der Waals surface area (Å²) in [6, 6.07) is 0. The molecule has 0 heterocycles. The molecule has 0 amide bonds. The Morgan fingerprint density at radius 2 is 2.20 bits per heavy atom. The van der Waals surface area contributed by atoms with E-state index in [9.17, 15) is 4.79 Å². The normalized spacial score (nSPS) is 26.7. The maximum absolute atomic E-state index is 9.60. The van der Waals surface area contributed by atoms with Crippen molar-refractivity contribution in [2.24, 2.45) is 11.8 Å². The summed E-state index contributed by atoms with van der Waals surface area (Å²) in [6.45, 7) is 6.89. The number of carboxylic acids is 1. The Kier molecular flexibility index (Phi) is 4.13. The highest BCUT2D eigenvalue weighted by atomic mass is 16.4. The van der Waals surface area contributed by atoms with E-state index in [-0.39, 0.29) is 5.57 Å². The summed E-state index contributed by atoms with van der Waals surface area (Å²) in [5.74, 6) is 1.07. The lowest BCUT2D eigenvalue weighted by molar-refractivity contribution is -0.132. The zero-order valence-corrected chi connectivity index (χ0v) is 9.62. The fourth-order valence-corrected chi connectivity index (χ4v) is 2.35. The molecule has 2 bridgehead atoms. The summed E-state index contributed by atoms with van der Waals surface area (Å²) in [4.78, 5) is 9.60. The standard InChI is InChI=1S/C9H14.C4H6O2/c1-2-8-5-7-3-4-9(8)6-7;1-3(2)4(5)6/h5,7,9H,2-4,6H2,1H3;1H2,2H3,(H,5,6). The number of carbonyl (C=O) groups is 1. The van der Waals surface area contributed by atoms with E-state index in [1.807, 2.05) is 0 Å². The van der Waals surface area contributed by atoms with Crippen LogP contribution in [0.3, 0.4) is 0 Å². The van der Waals surface area contributed by atoms with E-state index >= 15 is 0 Å². The minimum atomic E-state index is -0.935. The Morgan fingerprint density at radius 3 is 2.40 bits per heavy atom. The lowest BCUT2D eigenvalue weighted by Crippen LogP contribution is -1.94. The van der Waals surface area contributed by atoms with Crippen molar-refractivity contribution in [3.63, 3.8) is 0 Å². The van der Waals surface area contributed by atoms with Crippen molar-refractivity contribution in [2.75, 3.05) is 0 Å². The van der Waals surface area contributed by atoms with Gasteiger partial charge >= 0.3 is 5.97 Å². The number of fused-ring (bicyclic) bond motifs is 2. The van der Waals surface area contributed by atoms with Gasteiger partial charge in [-0.05, 0) is 44.4 Å². The molecular weight excluding hydrogens is 188 g/mol. The molecule has 2 heteroatoms. The van der Waals surface area contributed by atoms with Crippen LogP contribution in [0.1, 0.15) is 39.5 Å². The summed E-state index contributed by atoms with van der Waals surface area (Å²) >= 11 is 0. The smallest absolute Gasteiger partial charge is 0.330 e. The van der Waals surface area contributed by atoms with E-state index in [1.165, 1.54) is 32.6 Å². The van der Waals surface area contributed by atoms with Gasteiger partial charge < -0.3 is 5.11 Å². The van der Waals surface area contributed by atoms with Crippen molar-refractivity contribution >= 4 is 5.97 Å². The van der Waals surface area contributed by atoms with Crippen molar-refractivity contribution < 1.29 is 9.90 Å². The molecule has 0 saturated heterocycles. The summed E-state index contributed by atoms with van der Waals surface area (Å²) in [5, 5.41) is 7.89. The molecule has 2 atom stereocenters. The van der Waals surface area contributed by atoms with Gasteiger partial charge in [-0.3, -0.25) is 0 Å². The molecule has 2 aliphatic rings. The van der Waals surface area contributed by atoms with Gasteiger partial charge in [0.15, 0.2) is 0 Å². The molecule has 0 aliphatic heterocycles. The van der Waals surface area contributed by atoms with Gasteiger partial charge in [0.1, 0.15) is 0 Å². The Morgan fingerprint density at radius 1 is 1.60 bits per heavy atom. The number of aliphatic carboxylic acids is 1. The van der Waals surface area contributed by atoms with E-state index in [0.717, 1.165) is 11.8 Å². The minimum Gasteiger partial charge on any atom is -0.478 e. The number of allylic oxidation sites excluding steroid dienone is 2. The molecule has 0 spiro atoms. The van der Waals surface area contributed by atoms with Crippen LogP contribution in [0.15, 0.2) is 23.8 Å². The van der Waals surface area contributed by atoms with Crippen molar-refractivity contribution in [3.05, 3.63) is 23.8 Å². The van der Waals surface area contributed by atoms with Crippen LogP contribution >= 0.6 is 0 Å². The van der Waals surface area contributed by atoms with Gasteiger partial charge in [-0.25, -0.2) is 4.79 Å². The second-order valence-electron chi connectivity index (χ2n) is 4.45. The topological polar surface area (TPSA) is 37.3 Å². The number of carboxylic acid groups (broad SMARTS) is 1. The number of hydrogen-bond acceptors (Lipinski definition) is 1. The monoisotopic (exact) mass is 208 g/mol. The average molecular weight is 208 g/mol. The molecule has 0 aromatic carbocycles. The zero-order valence-electron chi connectivity index (χ0n) is 9.62. The van der Waals surface area contributed by atoms with Crippen LogP contribution in [0, 0.1) is 11.8 Å². The largest absolute Gasteiger partial charge is 0.478 e. The van der Waals surface area contributed by atoms with Crippen LogP contribution in [0.4, 0.5) is 0 Å². The van der Waals surface area contributed by atoms with Crippen molar-refractivity contribution in [3.8, 4) is 0 Å². The van der Waals surface area contributed by atoms with Crippen LogP contribution in [0.5, 0.6) is 0 Å². The lowest BCUT2D eigenvalue weighted by atomic mass is 9.97. The highest BCUT2D eigenvalue weighted by molar-refractivity contribution is 5.84. The van der Waals surface area contributed by atoms with Crippen molar-refractivity contribution in [1.29, 1.82) is 0 Å². The third kappa shape index (κ3) is 3.22. The van der Waals surface area contributed by atoms with Gasteiger partial charge in [-0.1, -0.05) is 25.2 Å². The fourth-order valence-electron chi connectivity index (χ4n) is 2.35. The number of rotatable bonds is 2. The number of hydrogen-bond donors (Lipinski definition) is 1. The van der Waals surface area contributed by atoms with Crippen molar-refractivity contribution in [2.45, 2.75) is 39.5 Å². The summed E-state index contributed by atoms with van der Waals surface area (Å²) in [7, 11) is 0. The second kappa shape index (κ2) is 5.15. The van der Waals surface area contributed by atoms with Gasteiger partial charge in [-0.15, -0.1) is 0 Å². The first-order valence-electron chi connectivity index (χ1n) is 5.64. The van der Waals surface area contributed by atoms with Gasteiger partial charge in [0.05, 0.1) is 0 Å². The summed E-state index contributed by atoms with van der Waals surface area (Å²) in [5.41, 5.74) is 1.93. The quantitative estimate of drug-likeness (QED) is 0.558. The third-order valence-corrected chi connectivity index (χ3v) is 3.22. The molecule has 15 heavy (non-hydrogen) atoms. The zero-order chi connectivity index (χ0) is 11.4. The second-order valence-corrected chi connectivity index (χ2v) is 4.45. The molecule has 1 fully saturated rings. The maximum atomic E-state index is 9.60. The first-order chi connectivity index (χ1) is 7.04. The molecular formula is C13H20O2. The van der Waals surface area contributed by atoms with Gasteiger partial charge in [0, 0.05) is 5.57 Å². The van der Waals surface area contributed by atoms with Crippen LogP contribution in [0.25, 0.3) is 0 Å². The molecule has 0 aromatic rings. The molecule has 2 nitrogen and oxygen atoms in total. The SMILES string of the molecule is C=C(C)C(=O)O.CCC1=CC2CCC1C2. The highest BCUT2D eigenvalue weighted by Gasteiger charge is 2.31. The van der Waals surface area contributed by atoms with E-state index in [1.54, 1.807) is 5.57 Å². The van der Waals surface area contributed by atoms with Gasteiger partial charge in [-0.2, -0.15) is 0 Å². The Balaban J connectivity index is 0.000000167. The molecule has 1 saturated carbocycles. The van der Waals surface area contributed by atoms with E-state index in [2.05, 4.69) is 19.6 Å². The van der Waals surface area contributed by atoms with Gasteiger partial charge in [0.25, 0.3) is 0 Å². The Bertz CT molecular complexity index is 277. The maximum Gasteiger partial charge on any atom is 0.330 e. The molecule has 84 valence electrons.